The summed E-state index contributed by atoms with van der Waals surface area (Å²) in [6.45, 7) is 3.08. The molecule has 0 aromatic carbocycles. The highest BCUT2D eigenvalue weighted by Gasteiger charge is 2.26. The maximum absolute atomic E-state index is 11.9. The van der Waals surface area contributed by atoms with Gasteiger partial charge in [-0.1, -0.05) is 0 Å². The predicted octanol–water partition coefficient (Wildman–Crippen LogP) is -0.0328. The van der Waals surface area contributed by atoms with E-state index >= 15 is 0 Å². The van der Waals surface area contributed by atoms with Crippen LogP contribution >= 0.6 is 0 Å². The molecule has 1 aliphatic heterocycles. The molecule has 16 heavy (non-hydrogen) atoms. The Hall–Kier alpha value is -1.30. The van der Waals surface area contributed by atoms with E-state index in [4.69, 9.17) is 0 Å². The smallest absolute Gasteiger partial charge is 0.327 e. The van der Waals surface area contributed by atoms with E-state index in [9.17, 15) is 9.59 Å². The number of rotatable bonds is 0. The maximum Gasteiger partial charge on any atom is 0.327 e. The summed E-state index contributed by atoms with van der Waals surface area (Å²) in [5, 5.41) is 0. The van der Waals surface area contributed by atoms with E-state index in [1.807, 2.05) is 7.05 Å². The van der Waals surface area contributed by atoms with Crippen molar-refractivity contribution in [2.45, 2.75) is 0 Å². The second kappa shape index (κ2) is 5.16. The molecule has 92 valence electrons. The molecule has 0 spiro atoms. The molecule has 0 aliphatic carbocycles. The summed E-state index contributed by atoms with van der Waals surface area (Å²) < 4.78 is 0. The second-order valence-electron chi connectivity index (χ2n) is 4.31. The topological polar surface area (TPSA) is 47.1 Å². The van der Waals surface area contributed by atoms with Gasteiger partial charge >= 0.3 is 12.1 Å². The van der Waals surface area contributed by atoms with Gasteiger partial charge < -0.3 is 14.7 Å². The van der Waals surface area contributed by atoms with Crippen LogP contribution in [0.5, 0.6) is 0 Å². The predicted molar refractivity (Wildman–Crippen MR) is 61.3 cm³/mol. The molecule has 4 amide bonds. The monoisotopic (exact) mass is 228 g/mol. The first-order valence-corrected chi connectivity index (χ1v) is 5.36. The molecule has 1 rings (SSSR count). The van der Waals surface area contributed by atoms with Gasteiger partial charge in [0.1, 0.15) is 0 Å². The molecule has 0 saturated carbocycles. The third-order valence-electron chi connectivity index (χ3n) is 2.73. The molecule has 1 aliphatic rings. The molecule has 1 fully saturated rings. The van der Waals surface area contributed by atoms with Gasteiger partial charge in [0.05, 0.1) is 0 Å². The van der Waals surface area contributed by atoms with Crippen LogP contribution in [0.4, 0.5) is 9.59 Å². The lowest BCUT2D eigenvalue weighted by Crippen LogP contribution is -2.53. The van der Waals surface area contributed by atoms with Crippen LogP contribution in [0.15, 0.2) is 0 Å². The first-order chi connectivity index (χ1) is 7.43. The Balaban J connectivity index is 2.54. The Morgan fingerprint density at radius 1 is 1.00 bits per heavy atom. The lowest BCUT2D eigenvalue weighted by Gasteiger charge is -2.34. The maximum atomic E-state index is 11.9. The SMILES string of the molecule is CN1CCN(C(=O)N(C)C(=O)N(C)C)CC1. The highest BCUT2D eigenvalue weighted by molar-refractivity contribution is 5.93. The molecule has 0 unspecified atom stereocenters. The fourth-order valence-electron chi connectivity index (χ4n) is 1.59. The molecular weight excluding hydrogens is 208 g/mol. The molecule has 0 bridgehead atoms. The van der Waals surface area contributed by atoms with E-state index in [-0.39, 0.29) is 12.1 Å². The summed E-state index contributed by atoms with van der Waals surface area (Å²) in [7, 11) is 6.81. The second-order valence-corrected chi connectivity index (χ2v) is 4.31. The lowest BCUT2D eigenvalue weighted by atomic mass is 10.3. The minimum Gasteiger partial charge on any atom is -0.330 e. The molecule has 6 nitrogen and oxygen atoms in total. The van der Waals surface area contributed by atoms with E-state index < -0.39 is 0 Å². The standard InChI is InChI=1S/C10H20N4O2/c1-11(2)9(15)13(4)10(16)14-7-5-12(3)6-8-14/h5-8H2,1-4H3. The normalized spacial score (nSPS) is 17.1. The van der Waals surface area contributed by atoms with Crippen LogP contribution in [0.25, 0.3) is 0 Å². The molecule has 0 aromatic heterocycles. The highest BCUT2D eigenvalue weighted by Crippen LogP contribution is 2.04. The molecule has 6 heteroatoms. The summed E-state index contributed by atoms with van der Waals surface area (Å²) >= 11 is 0. The van der Waals surface area contributed by atoms with Crippen LogP contribution < -0.4 is 0 Å². The Labute approximate surface area is 96.4 Å². The highest BCUT2D eigenvalue weighted by atomic mass is 16.2. The fraction of sp³-hybridized carbons (Fsp3) is 0.800. The Bertz CT molecular complexity index is 272. The molecule has 1 heterocycles. The summed E-state index contributed by atoms with van der Waals surface area (Å²) in [5.74, 6) is 0. The van der Waals surface area contributed by atoms with Crippen molar-refractivity contribution >= 4 is 12.1 Å². The van der Waals surface area contributed by atoms with Crippen LogP contribution in [0.3, 0.4) is 0 Å². The van der Waals surface area contributed by atoms with Gasteiger partial charge in [-0.3, -0.25) is 0 Å². The van der Waals surface area contributed by atoms with Gasteiger partial charge in [0, 0.05) is 47.3 Å². The molecule has 1 saturated heterocycles. The van der Waals surface area contributed by atoms with Gasteiger partial charge in [-0.2, -0.15) is 0 Å². The number of carbonyl (C=O) groups excluding carboxylic acids is 2. The number of piperazine rings is 1. The summed E-state index contributed by atoms with van der Waals surface area (Å²) in [4.78, 5) is 30.0. The zero-order valence-electron chi connectivity index (χ0n) is 10.4. The average molecular weight is 228 g/mol. The van der Waals surface area contributed by atoms with Gasteiger partial charge in [-0.05, 0) is 7.05 Å². The van der Waals surface area contributed by atoms with Crippen molar-refractivity contribution in [3.8, 4) is 0 Å². The van der Waals surface area contributed by atoms with E-state index in [0.29, 0.717) is 13.1 Å². The summed E-state index contributed by atoms with van der Waals surface area (Å²) in [6, 6.07) is -0.504. The van der Waals surface area contributed by atoms with E-state index in [0.717, 1.165) is 18.0 Å². The van der Waals surface area contributed by atoms with Crippen molar-refractivity contribution in [1.29, 1.82) is 0 Å². The number of carbonyl (C=O) groups is 2. The Morgan fingerprint density at radius 3 is 1.94 bits per heavy atom. The van der Waals surface area contributed by atoms with Gasteiger partial charge in [-0.25, -0.2) is 14.5 Å². The lowest BCUT2D eigenvalue weighted by molar-refractivity contribution is 0.126. The van der Waals surface area contributed by atoms with Crippen LogP contribution in [-0.2, 0) is 0 Å². The Kier molecular flexibility index (Phi) is 4.12. The number of hydrogen-bond donors (Lipinski definition) is 0. The molecule has 0 atom stereocenters. The molecule has 0 radical (unpaired) electrons. The minimum atomic E-state index is -0.288. The zero-order valence-corrected chi connectivity index (χ0v) is 10.4. The Morgan fingerprint density at radius 2 is 1.50 bits per heavy atom. The molecule has 0 aromatic rings. The van der Waals surface area contributed by atoms with Crippen LogP contribution in [-0.4, -0.2) is 86.0 Å². The van der Waals surface area contributed by atoms with E-state index in [2.05, 4.69) is 4.90 Å². The van der Waals surface area contributed by atoms with Crippen LogP contribution in [0, 0.1) is 0 Å². The first kappa shape index (κ1) is 12.8. The van der Waals surface area contributed by atoms with E-state index in [1.165, 1.54) is 11.9 Å². The number of likely N-dealkylation sites (N-methyl/N-ethyl adjacent to an activating group) is 1. The van der Waals surface area contributed by atoms with Gasteiger partial charge in [-0.15, -0.1) is 0 Å². The zero-order chi connectivity index (χ0) is 12.3. The van der Waals surface area contributed by atoms with Gasteiger partial charge in [0.25, 0.3) is 0 Å². The number of imide groups is 1. The van der Waals surface area contributed by atoms with Gasteiger partial charge in [0.15, 0.2) is 0 Å². The average Bonchev–Trinajstić information content (AvgIpc) is 2.27. The number of urea groups is 2. The summed E-state index contributed by atoms with van der Waals surface area (Å²) in [6.07, 6.45) is 0. The van der Waals surface area contributed by atoms with Crippen molar-refractivity contribution in [2.24, 2.45) is 0 Å². The molecular formula is C10H20N4O2. The van der Waals surface area contributed by atoms with Gasteiger partial charge in [0.2, 0.25) is 0 Å². The summed E-state index contributed by atoms with van der Waals surface area (Å²) in [5.41, 5.74) is 0. The van der Waals surface area contributed by atoms with Crippen LogP contribution in [0.1, 0.15) is 0 Å². The van der Waals surface area contributed by atoms with Crippen molar-refractivity contribution in [3.63, 3.8) is 0 Å². The minimum absolute atomic E-state index is 0.216. The fourth-order valence-corrected chi connectivity index (χ4v) is 1.59. The third-order valence-corrected chi connectivity index (χ3v) is 2.73. The molecule has 0 N–H and O–H groups in total. The van der Waals surface area contributed by atoms with Crippen LogP contribution in [0.2, 0.25) is 0 Å². The number of amides is 4. The van der Waals surface area contributed by atoms with Crippen molar-refractivity contribution in [3.05, 3.63) is 0 Å². The first-order valence-electron chi connectivity index (χ1n) is 5.36. The quantitative estimate of drug-likeness (QED) is 0.585. The van der Waals surface area contributed by atoms with Crippen molar-refractivity contribution in [1.82, 2.24) is 19.6 Å². The third kappa shape index (κ3) is 2.85. The largest absolute Gasteiger partial charge is 0.330 e. The van der Waals surface area contributed by atoms with Crippen molar-refractivity contribution < 1.29 is 9.59 Å². The van der Waals surface area contributed by atoms with Crippen molar-refractivity contribution in [2.75, 3.05) is 54.4 Å². The number of hydrogen-bond acceptors (Lipinski definition) is 3. The number of nitrogens with zero attached hydrogens (tertiary/aromatic N) is 4. The van der Waals surface area contributed by atoms with E-state index in [1.54, 1.807) is 19.0 Å².